The summed E-state index contributed by atoms with van der Waals surface area (Å²) in [6.45, 7) is 2.44. The maximum absolute atomic E-state index is 9.18. The maximum atomic E-state index is 9.18. The third-order valence-corrected chi connectivity index (χ3v) is 5.23. The third kappa shape index (κ3) is 3.26. The van der Waals surface area contributed by atoms with Crippen molar-refractivity contribution in [2.45, 2.75) is 24.9 Å². The Morgan fingerprint density at radius 3 is 2.73 bits per heavy atom. The van der Waals surface area contributed by atoms with E-state index in [1.807, 2.05) is 42.5 Å². The summed E-state index contributed by atoms with van der Waals surface area (Å²) in [5.41, 5.74) is 3.43. The van der Waals surface area contributed by atoms with Gasteiger partial charge >= 0.3 is 0 Å². The van der Waals surface area contributed by atoms with Crippen LogP contribution in [0.2, 0.25) is 5.02 Å². The van der Waals surface area contributed by atoms with Crippen molar-refractivity contribution in [1.82, 2.24) is 5.32 Å². The van der Waals surface area contributed by atoms with Gasteiger partial charge in [-0.25, -0.2) is 0 Å². The van der Waals surface area contributed by atoms with E-state index >= 15 is 0 Å². The number of rotatable bonds is 2. The highest BCUT2D eigenvalue weighted by Crippen LogP contribution is 2.36. The molecular weight excluding hydrogens is 346 g/mol. The molecule has 0 atom stereocenters. The van der Waals surface area contributed by atoms with E-state index in [0.29, 0.717) is 12.1 Å². The largest absolute Gasteiger partial charge is 0.371 e. The predicted octanol–water partition coefficient (Wildman–Crippen LogP) is 3.77. The number of hydrogen-bond donors (Lipinski definition) is 3. The van der Waals surface area contributed by atoms with Crippen molar-refractivity contribution in [3.8, 4) is 6.07 Å². The van der Waals surface area contributed by atoms with Crippen LogP contribution in [0, 0.1) is 11.3 Å². The van der Waals surface area contributed by atoms with Crippen LogP contribution in [0.3, 0.4) is 0 Å². The number of fused-ring (bicyclic) bond motifs is 1. The molecule has 0 amide bonds. The molecule has 1 saturated heterocycles. The Labute approximate surface area is 158 Å². The normalized spacial score (nSPS) is 19.3. The molecule has 3 N–H and O–H groups in total. The molecule has 0 radical (unpaired) electrons. The van der Waals surface area contributed by atoms with Crippen LogP contribution in [0.5, 0.6) is 0 Å². The zero-order valence-electron chi connectivity index (χ0n) is 14.3. The Hall–Kier alpha value is -2.55. The first-order chi connectivity index (χ1) is 12.7. The molecule has 6 heteroatoms. The van der Waals surface area contributed by atoms with Crippen LogP contribution < -0.4 is 16.0 Å². The molecule has 26 heavy (non-hydrogen) atoms. The van der Waals surface area contributed by atoms with Gasteiger partial charge in [0.05, 0.1) is 35.1 Å². The Bertz CT molecular complexity index is 893. The van der Waals surface area contributed by atoms with Crippen molar-refractivity contribution in [2.75, 3.05) is 23.7 Å². The van der Waals surface area contributed by atoms with Crippen molar-refractivity contribution in [3.63, 3.8) is 0 Å². The number of benzene rings is 2. The average Bonchev–Trinajstić information content (AvgIpc) is 2.67. The first kappa shape index (κ1) is 16.9. The average molecular weight is 366 g/mol. The number of nitrogens with zero attached hydrogens (tertiary/aromatic N) is 2. The second-order valence-electron chi connectivity index (χ2n) is 6.75. The lowest BCUT2D eigenvalue weighted by atomic mass is 9.84. The van der Waals surface area contributed by atoms with Gasteiger partial charge in [0.1, 0.15) is 5.84 Å². The van der Waals surface area contributed by atoms with Crippen molar-refractivity contribution >= 4 is 28.8 Å². The summed E-state index contributed by atoms with van der Waals surface area (Å²) in [6, 6.07) is 15.7. The second-order valence-corrected chi connectivity index (χ2v) is 7.19. The van der Waals surface area contributed by atoms with Gasteiger partial charge in [0.25, 0.3) is 0 Å². The molecule has 2 aliphatic heterocycles. The molecular formula is C20H20ClN5. The third-order valence-electron chi connectivity index (χ3n) is 4.99. The predicted molar refractivity (Wildman–Crippen MR) is 106 cm³/mol. The number of anilines is 2. The minimum atomic E-state index is -0.203. The van der Waals surface area contributed by atoms with Gasteiger partial charge in [-0.3, -0.25) is 4.99 Å². The first-order valence-electron chi connectivity index (χ1n) is 8.78. The molecule has 132 valence electrons. The summed E-state index contributed by atoms with van der Waals surface area (Å²) in [5, 5.41) is 20.5. The van der Waals surface area contributed by atoms with E-state index in [-0.39, 0.29) is 5.54 Å². The fourth-order valence-corrected chi connectivity index (χ4v) is 3.82. The van der Waals surface area contributed by atoms with Crippen molar-refractivity contribution in [3.05, 3.63) is 58.6 Å². The van der Waals surface area contributed by atoms with E-state index in [1.54, 1.807) is 0 Å². The van der Waals surface area contributed by atoms with E-state index < -0.39 is 0 Å². The van der Waals surface area contributed by atoms with E-state index in [0.717, 1.165) is 53.7 Å². The molecule has 0 saturated carbocycles. The molecule has 1 fully saturated rings. The molecule has 0 bridgehead atoms. The Balaban J connectivity index is 1.69. The zero-order chi connectivity index (χ0) is 18.0. The van der Waals surface area contributed by atoms with Crippen molar-refractivity contribution in [1.29, 1.82) is 5.26 Å². The summed E-state index contributed by atoms with van der Waals surface area (Å²) >= 11 is 6.09. The minimum Gasteiger partial charge on any atom is -0.371 e. The minimum absolute atomic E-state index is 0.203. The molecule has 2 aliphatic rings. The number of nitrogens with one attached hydrogen (secondary N) is 3. The molecule has 5 nitrogen and oxygen atoms in total. The van der Waals surface area contributed by atoms with Crippen LogP contribution in [0.1, 0.15) is 24.0 Å². The summed E-state index contributed by atoms with van der Waals surface area (Å²) in [5.74, 6) is 0.932. The lowest BCUT2D eigenvalue weighted by molar-refractivity contribution is 0.419. The summed E-state index contributed by atoms with van der Waals surface area (Å²) in [6.07, 6.45) is 1.90. The number of hydrogen-bond acceptors (Lipinski definition) is 4. The standard InChI is InChI=1S/C20H20ClN5/c21-16-3-1-2-15(10-16)13-24-19-20(6-8-23-9-7-20)26-17-5-4-14(12-22)11-18(17)25-19/h1-5,10-11,23,26H,6-9,13H2,(H,24,25). The SMILES string of the molecule is N#Cc1ccc2c(c1)NC(=NCc1cccc(Cl)c1)C1(CCNCC1)N2. The Morgan fingerprint density at radius 1 is 1.12 bits per heavy atom. The highest BCUT2D eigenvalue weighted by molar-refractivity contribution is 6.30. The summed E-state index contributed by atoms with van der Waals surface area (Å²) in [7, 11) is 0. The smallest absolute Gasteiger partial charge is 0.127 e. The van der Waals surface area contributed by atoms with Crippen LogP contribution in [-0.2, 0) is 6.54 Å². The van der Waals surface area contributed by atoms with Gasteiger partial charge in [-0.2, -0.15) is 5.26 Å². The van der Waals surface area contributed by atoms with Crippen LogP contribution in [0.25, 0.3) is 0 Å². The molecule has 2 heterocycles. The quantitative estimate of drug-likeness (QED) is 0.757. The highest BCUT2D eigenvalue weighted by atomic mass is 35.5. The lowest BCUT2D eigenvalue weighted by Gasteiger charge is -2.44. The van der Waals surface area contributed by atoms with Gasteiger partial charge in [0, 0.05) is 5.02 Å². The summed E-state index contributed by atoms with van der Waals surface area (Å²) in [4.78, 5) is 4.90. The fourth-order valence-electron chi connectivity index (χ4n) is 3.60. The molecule has 0 aromatic heterocycles. The van der Waals surface area contributed by atoms with E-state index in [9.17, 15) is 5.26 Å². The molecule has 1 spiro atoms. The molecule has 4 rings (SSSR count). The number of nitriles is 1. The topological polar surface area (TPSA) is 72.2 Å². The van der Waals surface area contributed by atoms with Crippen molar-refractivity contribution < 1.29 is 0 Å². The fraction of sp³-hybridized carbons (Fsp3) is 0.300. The van der Waals surface area contributed by atoms with Crippen molar-refractivity contribution in [2.24, 2.45) is 4.99 Å². The highest BCUT2D eigenvalue weighted by Gasteiger charge is 2.40. The molecule has 0 unspecified atom stereocenters. The van der Waals surface area contributed by atoms with E-state index in [1.165, 1.54) is 0 Å². The van der Waals surface area contributed by atoms with Crippen LogP contribution in [-0.4, -0.2) is 24.5 Å². The monoisotopic (exact) mass is 365 g/mol. The Kier molecular flexibility index (Phi) is 4.54. The summed E-state index contributed by atoms with van der Waals surface area (Å²) < 4.78 is 0. The van der Waals surface area contributed by atoms with Gasteiger partial charge in [-0.05, 0) is 61.8 Å². The number of halogens is 1. The van der Waals surface area contributed by atoms with Gasteiger partial charge in [-0.1, -0.05) is 23.7 Å². The van der Waals surface area contributed by atoms with Gasteiger partial charge < -0.3 is 16.0 Å². The molecule has 0 aliphatic carbocycles. The lowest BCUT2D eigenvalue weighted by Crippen LogP contribution is -2.57. The Morgan fingerprint density at radius 2 is 1.96 bits per heavy atom. The van der Waals surface area contributed by atoms with Crippen LogP contribution in [0.4, 0.5) is 11.4 Å². The number of amidine groups is 1. The maximum Gasteiger partial charge on any atom is 0.127 e. The van der Waals surface area contributed by atoms with Crippen LogP contribution in [0.15, 0.2) is 47.5 Å². The second kappa shape index (κ2) is 6.99. The first-order valence-corrected chi connectivity index (χ1v) is 9.16. The molecule has 2 aromatic rings. The van der Waals surface area contributed by atoms with Crippen LogP contribution >= 0.6 is 11.6 Å². The zero-order valence-corrected chi connectivity index (χ0v) is 15.1. The molecule has 2 aromatic carbocycles. The van der Waals surface area contributed by atoms with Gasteiger partial charge in [0.2, 0.25) is 0 Å². The van der Waals surface area contributed by atoms with E-state index in [4.69, 9.17) is 16.6 Å². The number of aliphatic imine (C=N–C) groups is 1. The van der Waals surface area contributed by atoms with E-state index in [2.05, 4.69) is 22.0 Å². The van der Waals surface area contributed by atoms with Gasteiger partial charge in [0.15, 0.2) is 0 Å². The number of piperidine rings is 1. The van der Waals surface area contributed by atoms with Gasteiger partial charge in [-0.15, -0.1) is 0 Å².